The van der Waals surface area contributed by atoms with Gasteiger partial charge in [-0.1, -0.05) is 30.3 Å². The fourth-order valence-electron chi connectivity index (χ4n) is 3.59. The van der Waals surface area contributed by atoms with Gasteiger partial charge >= 0.3 is 0 Å². The second-order valence-corrected chi connectivity index (χ2v) is 6.25. The summed E-state index contributed by atoms with van der Waals surface area (Å²) in [6.07, 6.45) is 2.39. The zero-order chi connectivity index (χ0) is 14.9. The van der Waals surface area contributed by atoms with E-state index in [9.17, 15) is 4.79 Å². The highest BCUT2D eigenvalue weighted by atomic mass is 16.3. The number of nitrogens with zero attached hydrogens (tertiary/aromatic N) is 1. The maximum Gasteiger partial charge on any atom is 0.287 e. The fraction of sp³-hybridized carbons (Fsp3) is 0.389. The summed E-state index contributed by atoms with van der Waals surface area (Å²) in [4.78, 5) is 14.8. The predicted molar refractivity (Wildman–Crippen MR) is 84.6 cm³/mol. The van der Waals surface area contributed by atoms with E-state index >= 15 is 0 Å². The lowest BCUT2D eigenvalue weighted by Gasteiger charge is -2.44. The van der Waals surface area contributed by atoms with Crippen LogP contribution in [0.2, 0.25) is 0 Å². The number of amides is 1. The summed E-state index contributed by atoms with van der Waals surface area (Å²) < 4.78 is 5.73. The summed E-state index contributed by atoms with van der Waals surface area (Å²) in [7, 11) is 0. The lowest BCUT2D eigenvalue weighted by atomic mass is 9.84. The average Bonchev–Trinajstić information content (AvgIpc) is 3.07. The zero-order valence-electron chi connectivity index (χ0n) is 12.5. The van der Waals surface area contributed by atoms with Gasteiger partial charge in [-0.2, -0.15) is 0 Å². The SMILES string of the molecule is O=C(NC1CN2CCC1CC2)c1ccc(-c2ccccc2)o1. The van der Waals surface area contributed by atoms with E-state index < -0.39 is 0 Å². The Hall–Kier alpha value is -2.07. The molecule has 114 valence electrons. The van der Waals surface area contributed by atoms with Crippen LogP contribution in [0.1, 0.15) is 23.4 Å². The molecule has 0 spiro atoms. The molecule has 0 radical (unpaired) electrons. The van der Waals surface area contributed by atoms with E-state index in [1.165, 1.54) is 25.9 Å². The Morgan fingerprint density at radius 3 is 2.55 bits per heavy atom. The number of nitrogens with one attached hydrogen (secondary N) is 1. The number of furan rings is 1. The summed E-state index contributed by atoms with van der Waals surface area (Å²) >= 11 is 0. The topological polar surface area (TPSA) is 45.5 Å². The van der Waals surface area contributed by atoms with E-state index in [1.54, 1.807) is 6.07 Å². The van der Waals surface area contributed by atoms with Crippen molar-refractivity contribution in [1.29, 1.82) is 0 Å². The molecule has 1 N–H and O–H groups in total. The van der Waals surface area contributed by atoms with Gasteiger partial charge in [-0.25, -0.2) is 0 Å². The van der Waals surface area contributed by atoms with Crippen molar-refractivity contribution in [2.45, 2.75) is 18.9 Å². The Balaban J connectivity index is 1.46. The number of carbonyl (C=O) groups excluding carboxylic acids is 1. The van der Waals surface area contributed by atoms with E-state index in [2.05, 4.69) is 10.2 Å². The van der Waals surface area contributed by atoms with Crippen molar-refractivity contribution in [3.8, 4) is 11.3 Å². The predicted octanol–water partition coefficient (Wildman–Crippen LogP) is 2.77. The van der Waals surface area contributed by atoms with Crippen molar-refractivity contribution in [2.75, 3.05) is 19.6 Å². The first-order chi connectivity index (χ1) is 10.8. The van der Waals surface area contributed by atoms with E-state index in [1.807, 2.05) is 36.4 Å². The van der Waals surface area contributed by atoms with Crippen LogP contribution >= 0.6 is 0 Å². The number of rotatable bonds is 3. The van der Waals surface area contributed by atoms with Gasteiger partial charge in [0.15, 0.2) is 5.76 Å². The summed E-state index contributed by atoms with van der Waals surface area (Å²) in [5, 5.41) is 3.16. The van der Waals surface area contributed by atoms with Crippen molar-refractivity contribution in [3.05, 3.63) is 48.2 Å². The number of hydrogen-bond acceptors (Lipinski definition) is 3. The molecule has 3 aliphatic heterocycles. The van der Waals surface area contributed by atoms with Crippen LogP contribution in [0.4, 0.5) is 0 Å². The Bertz CT molecular complexity index is 657. The zero-order valence-corrected chi connectivity index (χ0v) is 12.5. The second kappa shape index (κ2) is 5.61. The first-order valence-corrected chi connectivity index (χ1v) is 7.98. The van der Waals surface area contributed by atoms with Gasteiger partial charge in [-0.15, -0.1) is 0 Å². The highest BCUT2D eigenvalue weighted by Crippen LogP contribution is 2.28. The molecule has 4 heterocycles. The summed E-state index contributed by atoms with van der Waals surface area (Å²) in [6.45, 7) is 3.33. The van der Waals surface area contributed by atoms with Crippen molar-refractivity contribution < 1.29 is 9.21 Å². The Morgan fingerprint density at radius 2 is 1.86 bits per heavy atom. The molecule has 0 aliphatic carbocycles. The first-order valence-electron chi connectivity index (χ1n) is 7.98. The Morgan fingerprint density at radius 1 is 1.09 bits per heavy atom. The van der Waals surface area contributed by atoms with E-state index in [0.717, 1.165) is 17.9 Å². The first kappa shape index (κ1) is 13.6. The third kappa shape index (κ3) is 2.55. The van der Waals surface area contributed by atoms with Crippen molar-refractivity contribution in [1.82, 2.24) is 10.2 Å². The van der Waals surface area contributed by atoms with E-state index in [0.29, 0.717) is 11.7 Å². The third-order valence-electron chi connectivity index (χ3n) is 4.86. The molecule has 4 nitrogen and oxygen atoms in total. The van der Waals surface area contributed by atoms with Crippen LogP contribution in [0.25, 0.3) is 11.3 Å². The largest absolute Gasteiger partial charge is 0.451 e. The lowest BCUT2D eigenvalue weighted by Crippen LogP contribution is -2.57. The molecule has 1 amide bonds. The van der Waals surface area contributed by atoms with Gasteiger partial charge in [-0.3, -0.25) is 4.79 Å². The third-order valence-corrected chi connectivity index (χ3v) is 4.86. The van der Waals surface area contributed by atoms with Gasteiger partial charge in [-0.05, 0) is 44.0 Å². The number of carbonyl (C=O) groups is 1. The summed E-state index contributed by atoms with van der Waals surface area (Å²) in [5.41, 5.74) is 0.990. The molecule has 2 bridgehead atoms. The van der Waals surface area contributed by atoms with Crippen LogP contribution in [0.5, 0.6) is 0 Å². The molecule has 0 saturated carbocycles. The molecular weight excluding hydrogens is 276 g/mol. The van der Waals surface area contributed by atoms with Crippen LogP contribution in [0.3, 0.4) is 0 Å². The smallest absolute Gasteiger partial charge is 0.287 e. The molecule has 5 rings (SSSR count). The van der Waals surface area contributed by atoms with E-state index in [-0.39, 0.29) is 11.9 Å². The highest BCUT2D eigenvalue weighted by Gasteiger charge is 2.35. The van der Waals surface area contributed by atoms with Crippen LogP contribution in [0.15, 0.2) is 46.9 Å². The molecule has 3 saturated heterocycles. The molecule has 1 unspecified atom stereocenters. The second-order valence-electron chi connectivity index (χ2n) is 6.25. The minimum atomic E-state index is -0.0964. The van der Waals surface area contributed by atoms with Crippen LogP contribution < -0.4 is 5.32 Å². The van der Waals surface area contributed by atoms with E-state index in [4.69, 9.17) is 4.42 Å². The Kier molecular flexibility index (Phi) is 3.47. The van der Waals surface area contributed by atoms with Crippen molar-refractivity contribution >= 4 is 5.91 Å². The van der Waals surface area contributed by atoms with Gasteiger partial charge < -0.3 is 14.6 Å². The number of benzene rings is 1. The highest BCUT2D eigenvalue weighted by molar-refractivity contribution is 5.92. The van der Waals surface area contributed by atoms with Gasteiger partial charge in [0.1, 0.15) is 5.76 Å². The minimum absolute atomic E-state index is 0.0964. The lowest BCUT2D eigenvalue weighted by molar-refractivity contribution is 0.0606. The summed E-state index contributed by atoms with van der Waals surface area (Å²) in [6, 6.07) is 13.7. The normalized spacial score (nSPS) is 26.8. The minimum Gasteiger partial charge on any atom is -0.451 e. The Labute approximate surface area is 130 Å². The quantitative estimate of drug-likeness (QED) is 0.947. The molecule has 1 atom stereocenters. The average molecular weight is 296 g/mol. The van der Waals surface area contributed by atoms with Gasteiger partial charge in [0.2, 0.25) is 0 Å². The maximum absolute atomic E-state index is 12.4. The summed E-state index contributed by atoms with van der Waals surface area (Å²) in [5.74, 6) is 1.66. The van der Waals surface area contributed by atoms with Gasteiger partial charge in [0.25, 0.3) is 5.91 Å². The number of fused-ring (bicyclic) bond motifs is 3. The van der Waals surface area contributed by atoms with Crippen LogP contribution in [0, 0.1) is 5.92 Å². The fourth-order valence-corrected chi connectivity index (χ4v) is 3.59. The number of piperidine rings is 3. The van der Waals surface area contributed by atoms with Crippen molar-refractivity contribution in [2.24, 2.45) is 5.92 Å². The van der Waals surface area contributed by atoms with Crippen molar-refractivity contribution in [3.63, 3.8) is 0 Å². The molecule has 1 aromatic heterocycles. The molecular formula is C18H20N2O2. The molecule has 3 aliphatic rings. The van der Waals surface area contributed by atoms with Gasteiger partial charge in [0, 0.05) is 18.2 Å². The van der Waals surface area contributed by atoms with Crippen LogP contribution in [-0.2, 0) is 0 Å². The number of hydrogen-bond donors (Lipinski definition) is 1. The standard InChI is InChI=1S/C18H20N2O2/c21-18(19-15-12-20-10-8-13(15)9-11-20)17-7-6-16(22-17)14-4-2-1-3-5-14/h1-7,13,15H,8-12H2,(H,19,21). The van der Waals surface area contributed by atoms with Gasteiger partial charge in [0.05, 0.1) is 0 Å². The molecule has 2 aromatic rings. The molecule has 3 fully saturated rings. The molecule has 4 heteroatoms. The maximum atomic E-state index is 12.4. The molecule has 1 aromatic carbocycles. The van der Waals surface area contributed by atoms with Crippen LogP contribution in [-0.4, -0.2) is 36.5 Å². The monoisotopic (exact) mass is 296 g/mol. The molecule has 22 heavy (non-hydrogen) atoms.